The Kier molecular flexibility index (Phi) is 2.15. The number of aromatic amines is 2. The van der Waals surface area contributed by atoms with Crippen molar-refractivity contribution in [3.05, 3.63) is 51.8 Å². The van der Waals surface area contributed by atoms with E-state index in [1.54, 1.807) is 6.20 Å². The molecule has 0 aliphatic heterocycles. The second kappa shape index (κ2) is 3.67. The first-order valence-corrected chi connectivity index (χ1v) is 5.42. The highest BCUT2D eigenvalue weighted by atomic mass is 32.1. The predicted octanol–water partition coefficient (Wildman–Crippen LogP) is 1.75. The first-order chi connectivity index (χ1) is 8.25. The van der Waals surface area contributed by atoms with E-state index in [2.05, 4.69) is 15.1 Å². The van der Waals surface area contributed by atoms with Crippen molar-refractivity contribution in [2.24, 2.45) is 0 Å². The average molecular weight is 244 g/mol. The van der Waals surface area contributed by atoms with Gasteiger partial charge in [0, 0.05) is 11.8 Å². The molecule has 0 bridgehead atoms. The average Bonchev–Trinajstić information content (AvgIpc) is 2.74. The van der Waals surface area contributed by atoms with Crippen LogP contribution in [0, 0.1) is 4.77 Å². The van der Waals surface area contributed by atoms with Crippen LogP contribution in [0.5, 0.6) is 0 Å². The molecule has 1 aromatic carbocycles. The molecule has 0 fully saturated rings. The maximum absolute atomic E-state index is 11.6. The quantitative estimate of drug-likeness (QED) is 0.641. The number of hydrogen-bond donors (Lipinski definition) is 2. The van der Waals surface area contributed by atoms with Gasteiger partial charge in [-0.25, -0.2) is 4.79 Å². The van der Waals surface area contributed by atoms with E-state index in [0.29, 0.717) is 5.65 Å². The number of rotatable bonds is 1. The van der Waals surface area contributed by atoms with E-state index in [1.165, 1.54) is 4.52 Å². The smallest absolute Gasteiger partial charge is 0.295 e. The molecule has 0 saturated carbocycles. The summed E-state index contributed by atoms with van der Waals surface area (Å²) in [4.78, 5) is 18.2. The summed E-state index contributed by atoms with van der Waals surface area (Å²) < 4.78 is 1.52. The minimum absolute atomic E-state index is 0.187. The number of aromatic nitrogens is 4. The van der Waals surface area contributed by atoms with E-state index in [1.807, 2.05) is 30.3 Å². The minimum atomic E-state index is -0.317. The van der Waals surface area contributed by atoms with Gasteiger partial charge in [-0.3, -0.25) is 10.1 Å². The number of nitrogens with one attached hydrogen (secondary N) is 2. The van der Waals surface area contributed by atoms with Crippen molar-refractivity contribution in [1.29, 1.82) is 0 Å². The van der Waals surface area contributed by atoms with Crippen LogP contribution in [0.3, 0.4) is 0 Å². The zero-order chi connectivity index (χ0) is 11.8. The van der Waals surface area contributed by atoms with Crippen molar-refractivity contribution >= 4 is 17.9 Å². The van der Waals surface area contributed by atoms with Gasteiger partial charge < -0.3 is 0 Å². The number of benzene rings is 1. The molecule has 0 amide bonds. The van der Waals surface area contributed by atoms with Gasteiger partial charge >= 0.3 is 5.69 Å². The maximum Gasteiger partial charge on any atom is 0.348 e. The van der Waals surface area contributed by atoms with Crippen LogP contribution in [0.4, 0.5) is 0 Å². The molecular weight excluding hydrogens is 236 g/mol. The summed E-state index contributed by atoms with van der Waals surface area (Å²) >= 11 is 4.91. The Morgan fingerprint density at radius 3 is 2.76 bits per heavy atom. The van der Waals surface area contributed by atoms with Crippen molar-refractivity contribution in [1.82, 2.24) is 19.6 Å². The molecule has 2 aromatic heterocycles. The lowest BCUT2D eigenvalue weighted by Gasteiger charge is -1.97. The molecule has 0 saturated heterocycles. The molecule has 0 unspecified atom stereocenters. The third-order valence-corrected chi connectivity index (χ3v) is 2.69. The summed E-state index contributed by atoms with van der Waals surface area (Å²) in [7, 11) is 0. The number of nitrogens with zero attached hydrogens (tertiary/aromatic N) is 2. The zero-order valence-electron chi connectivity index (χ0n) is 8.68. The summed E-state index contributed by atoms with van der Waals surface area (Å²) in [6.07, 6.45) is 1.74. The number of H-pyrrole nitrogens is 2. The summed E-state index contributed by atoms with van der Waals surface area (Å²) in [5.41, 5.74) is 2.05. The van der Waals surface area contributed by atoms with Crippen LogP contribution in [-0.2, 0) is 0 Å². The van der Waals surface area contributed by atoms with E-state index in [0.717, 1.165) is 11.1 Å². The van der Waals surface area contributed by atoms with Gasteiger partial charge in [0.2, 0.25) is 4.77 Å². The lowest BCUT2D eigenvalue weighted by molar-refractivity contribution is 0.833. The molecule has 0 spiro atoms. The monoisotopic (exact) mass is 244 g/mol. The molecule has 6 heteroatoms. The minimum Gasteiger partial charge on any atom is -0.295 e. The van der Waals surface area contributed by atoms with Gasteiger partial charge in [-0.1, -0.05) is 30.3 Å². The molecule has 0 radical (unpaired) electrons. The molecule has 2 N–H and O–H groups in total. The van der Waals surface area contributed by atoms with Crippen molar-refractivity contribution in [2.75, 3.05) is 0 Å². The van der Waals surface area contributed by atoms with Crippen molar-refractivity contribution < 1.29 is 0 Å². The third kappa shape index (κ3) is 1.58. The molecular formula is C11H8N4OS. The Labute approximate surface area is 101 Å². The van der Waals surface area contributed by atoms with Crippen LogP contribution in [-0.4, -0.2) is 19.6 Å². The zero-order valence-corrected chi connectivity index (χ0v) is 9.49. The van der Waals surface area contributed by atoms with E-state index in [4.69, 9.17) is 12.2 Å². The van der Waals surface area contributed by atoms with Gasteiger partial charge in [0.1, 0.15) is 0 Å². The number of fused-ring (bicyclic) bond motifs is 1. The highest BCUT2D eigenvalue weighted by Gasteiger charge is 2.08. The molecule has 84 valence electrons. The van der Waals surface area contributed by atoms with Gasteiger partial charge in [-0.15, -0.1) is 0 Å². The van der Waals surface area contributed by atoms with Gasteiger partial charge in [0.05, 0.1) is 0 Å². The second-order valence-corrected chi connectivity index (χ2v) is 3.95. The SMILES string of the molecule is O=c1[nH]c(=S)nc2c(-c3ccccc3)c[nH]n12. The molecule has 0 aliphatic rings. The summed E-state index contributed by atoms with van der Waals surface area (Å²) in [6, 6.07) is 9.70. The van der Waals surface area contributed by atoms with Gasteiger partial charge in [0.25, 0.3) is 0 Å². The Bertz CT molecular complexity index is 784. The Morgan fingerprint density at radius 1 is 1.24 bits per heavy atom. The van der Waals surface area contributed by atoms with Crippen LogP contribution < -0.4 is 5.69 Å². The lowest BCUT2D eigenvalue weighted by Crippen LogP contribution is -2.18. The van der Waals surface area contributed by atoms with E-state index in [9.17, 15) is 4.79 Å². The van der Waals surface area contributed by atoms with E-state index < -0.39 is 0 Å². The summed E-state index contributed by atoms with van der Waals surface area (Å²) in [5, 5.41) is 2.85. The van der Waals surface area contributed by atoms with Crippen molar-refractivity contribution in [3.63, 3.8) is 0 Å². The molecule has 2 heterocycles. The van der Waals surface area contributed by atoms with Gasteiger partial charge in [-0.05, 0) is 17.8 Å². The first-order valence-electron chi connectivity index (χ1n) is 5.01. The van der Waals surface area contributed by atoms with Crippen LogP contribution in [0.1, 0.15) is 0 Å². The lowest BCUT2D eigenvalue weighted by atomic mass is 10.1. The number of hydrogen-bond acceptors (Lipinski definition) is 3. The predicted molar refractivity (Wildman–Crippen MR) is 66.4 cm³/mol. The highest BCUT2D eigenvalue weighted by Crippen LogP contribution is 2.21. The molecule has 3 aromatic rings. The topological polar surface area (TPSA) is 66.0 Å². The fraction of sp³-hybridized carbons (Fsp3) is 0. The Morgan fingerprint density at radius 2 is 2.00 bits per heavy atom. The summed E-state index contributed by atoms with van der Waals surface area (Å²) in [5.74, 6) is 0. The standard InChI is InChI=1S/C11H8N4OS/c16-11-14-10(17)13-9-8(6-12-15(9)11)7-4-2-1-3-5-7/h1-6,12H,(H,14,16,17). The molecule has 0 atom stereocenters. The maximum atomic E-state index is 11.6. The molecule has 5 nitrogen and oxygen atoms in total. The van der Waals surface area contributed by atoms with E-state index in [-0.39, 0.29) is 10.5 Å². The molecule has 17 heavy (non-hydrogen) atoms. The second-order valence-electron chi connectivity index (χ2n) is 3.56. The van der Waals surface area contributed by atoms with Crippen LogP contribution >= 0.6 is 12.2 Å². The Hall–Kier alpha value is -2.21. The largest absolute Gasteiger partial charge is 0.348 e. The van der Waals surface area contributed by atoms with Gasteiger partial charge in [0.15, 0.2) is 5.65 Å². The molecule has 0 aliphatic carbocycles. The summed E-state index contributed by atoms with van der Waals surface area (Å²) in [6.45, 7) is 0. The highest BCUT2D eigenvalue weighted by molar-refractivity contribution is 7.71. The van der Waals surface area contributed by atoms with Crippen LogP contribution in [0.25, 0.3) is 16.8 Å². The van der Waals surface area contributed by atoms with Crippen molar-refractivity contribution in [2.45, 2.75) is 0 Å². The van der Waals surface area contributed by atoms with E-state index >= 15 is 0 Å². The molecule has 3 rings (SSSR count). The fourth-order valence-corrected chi connectivity index (χ4v) is 1.92. The van der Waals surface area contributed by atoms with Crippen LogP contribution in [0.15, 0.2) is 41.3 Å². The normalized spacial score (nSPS) is 10.8. The third-order valence-electron chi connectivity index (χ3n) is 2.50. The Balaban J connectivity index is 2.40. The van der Waals surface area contributed by atoms with Gasteiger partial charge in [-0.2, -0.15) is 9.50 Å². The first kappa shape index (κ1) is 9.98. The van der Waals surface area contributed by atoms with Crippen LogP contribution in [0.2, 0.25) is 0 Å². The fourth-order valence-electron chi connectivity index (χ4n) is 1.74. The van der Waals surface area contributed by atoms with Crippen molar-refractivity contribution in [3.8, 4) is 11.1 Å².